The molecule has 0 saturated heterocycles. The van der Waals surface area contributed by atoms with Gasteiger partial charge in [-0.2, -0.15) is 0 Å². The van der Waals surface area contributed by atoms with Gasteiger partial charge in [0.25, 0.3) is 0 Å². The fraction of sp³-hybridized carbons (Fsp3) is 0.364. The van der Waals surface area contributed by atoms with Crippen LogP contribution in [0.25, 0.3) is 0 Å². The summed E-state index contributed by atoms with van der Waals surface area (Å²) in [7, 11) is 0. The van der Waals surface area contributed by atoms with Gasteiger partial charge in [0, 0.05) is 32.2 Å². The van der Waals surface area contributed by atoms with E-state index in [0.717, 1.165) is 47.6 Å². The van der Waals surface area contributed by atoms with Gasteiger partial charge in [-0.05, 0) is 45.7 Å². The summed E-state index contributed by atoms with van der Waals surface area (Å²) >= 11 is 0. The third kappa shape index (κ3) is 5.71. The van der Waals surface area contributed by atoms with Gasteiger partial charge in [-0.1, -0.05) is 49.7 Å². The molecule has 1 unspecified atom stereocenters. The number of aryl methyl sites for hydroxylation is 1. The molecule has 0 aliphatic rings. The minimum Gasteiger partial charge on any atom is -0.326 e. The van der Waals surface area contributed by atoms with Gasteiger partial charge in [0.05, 0.1) is 6.04 Å². The number of benzene rings is 2. The molecule has 8 nitrogen and oxygen atoms in total. The number of anilines is 1. The summed E-state index contributed by atoms with van der Waals surface area (Å²) in [6.07, 6.45) is 2.07. The lowest BCUT2D eigenvalue weighted by Gasteiger charge is -2.19. The van der Waals surface area contributed by atoms with Gasteiger partial charge in [0.2, 0.25) is 5.91 Å². The molecular weight excluding hydrogens is 378 g/mol. The van der Waals surface area contributed by atoms with E-state index >= 15 is 0 Å². The predicted molar refractivity (Wildman–Crippen MR) is 116 cm³/mol. The molecule has 1 aromatic heterocycles. The Morgan fingerprint density at radius 2 is 1.93 bits per heavy atom. The summed E-state index contributed by atoms with van der Waals surface area (Å²) in [5, 5.41) is 18.8. The van der Waals surface area contributed by atoms with Crippen molar-refractivity contribution in [1.82, 2.24) is 25.5 Å². The zero-order valence-electron chi connectivity index (χ0n) is 17.5. The van der Waals surface area contributed by atoms with Crippen molar-refractivity contribution in [3.05, 3.63) is 71.0 Å². The Hall–Kier alpha value is -3.10. The first-order valence-corrected chi connectivity index (χ1v) is 10.3. The van der Waals surface area contributed by atoms with E-state index in [1.807, 2.05) is 41.1 Å². The quantitative estimate of drug-likeness (QED) is 0.477. The lowest BCUT2D eigenvalue weighted by Crippen LogP contribution is -2.26. The van der Waals surface area contributed by atoms with Crippen molar-refractivity contribution in [2.45, 2.75) is 52.4 Å². The highest BCUT2D eigenvalue weighted by Gasteiger charge is 2.21. The summed E-state index contributed by atoms with van der Waals surface area (Å²) in [4.78, 5) is 11.3. The molecule has 30 heavy (non-hydrogen) atoms. The normalized spacial score (nSPS) is 12.0. The van der Waals surface area contributed by atoms with Crippen LogP contribution in [-0.2, 0) is 24.4 Å². The van der Waals surface area contributed by atoms with Crippen molar-refractivity contribution in [2.75, 3.05) is 5.32 Å². The molecule has 0 bridgehead atoms. The van der Waals surface area contributed by atoms with Gasteiger partial charge >= 0.3 is 0 Å². The van der Waals surface area contributed by atoms with Crippen molar-refractivity contribution in [3.63, 3.8) is 0 Å². The maximum Gasteiger partial charge on any atom is 0.221 e. The smallest absolute Gasteiger partial charge is 0.221 e. The van der Waals surface area contributed by atoms with Crippen LogP contribution in [0.5, 0.6) is 0 Å². The molecule has 0 radical (unpaired) electrons. The second kappa shape index (κ2) is 10.6. The van der Waals surface area contributed by atoms with Gasteiger partial charge in [0.15, 0.2) is 5.82 Å². The number of rotatable bonds is 10. The zero-order valence-corrected chi connectivity index (χ0v) is 17.5. The van der Waals surface area contributed by atoms with E-state index in [-0.39, 0.29) is 11.9 Å². The Kier molecular flexibility index (Phi) is 7.64. The number of unbranched alkanes of at least 4 members (excludes halogenated alkanes) is 1. The molecule has 8 heteroatoms. The molecular formula is C22H29N7O. The number of nitrogens with one attached hydrogen (secondary N) is 2. The molecule has 3 rings (SSSR count). The topological polar surface area (TPSA) is 111 Å². The number of hydrogen-bond acceptors (Lipinski definition) is 6. The van der Waals surface area contributed by atoms with Crippen LogP contribution in [0.2, 0.25) is 0 Å². The van der Waals surface area contributed by atoms with Crippen LogP contribution >= 0.6 is 0 Å². The van der Waals surface area contributed by atoms with E-state index in [4.69, 9.17) is 5.73 Å². The number of nitrogens with two attached hydrogens (primary N) is 1. The third-order valence-corrected chi connectivity index (χ3v) is 4.84. The van der Waals surface area contributed by atoms with Crippen LogP contribution in [0.15, 0.2) is 48.5 Å². The third-order valence-electron chi connectivity index (χ3n) is 4.84. The molecule has 0 aliphatic heterocycles. The maximum absolute atomic E-state index is 11.3. The highest BCUT2D eigenvalue weighted by molar-refractivity contribution is 5.88. The van der Waals surface area contributed by atoms with Gasteiger partial charge in [-0.15, -0.1) is 5.10 Å². The summed E-state index contributed by atoms with van der Waals surface area (Å²) in [5.74, 6) is 0.673. The molecule has 0 aliphatic carbocycles. The van der Waals surface area contributed by atoms with Crippen molar-refractivity contribution in [3.8, 4) is 0 Å². The van der Waals surface area contributed by atoms with Crippen LogP contribution in [0.3, 0.4) is 0 Å². The Labute approximate surface area is 176 Å². The van der Waals surface area contributed by atoms with Gasteiger partial charge < -0.3 is 11.1 Å². The van der Waals surface area contributed by atoms with Gasteiger partial charge in [-0.25, -0.2) is 4.68 Å². The number of tetrazole rings is 1. The maximum atomic E-state index is 11.3. The molecule has 0 spiro atoms. The van der Waals surface area contributed by atoms with Crippen molar-refractivity contribution < 1.29 is 4.79 Å². The fourth-order valence-electron chi connectivity index (χ4n) is 3.29. The molecule has 3 aromatic rings. The monoisotopic (exact) mass is 407 g/mol. The van der Waals surface area contributed by atoms with Gasteiger partial charge in [-0.3, -0.25) is 10.1 Å². The summed E-state index contributed by atoms with van der Waals surface area (Å²) in [6, 6.07) is 15.8. The summed E-state index contributed by atoms with van der Waals surface area (Å²) in [5.41, 5.74) is 9.79. The van der Waals surface area contributed by atoms with E-state index in [1.165, 1.54) is 6.92 Å². The van der Waals surface area contributed by atoms with Crippen molar-refractivity contribution in [2.24, 2.45) is 5.73 Å². The van der Waals surface area contributed by atoms with E-state index in [0.29, 0.717) is 13.1 Å². The van der Waals surface area contributed by atoms with Crippen LogP contribution < -0.4 is 16.4 Å². The average molecular weight is 408 g/mol. The second-order valence-electron chi connectivity index (χ2n) is 7.25. The molecule has 4 N–H and O–H groups in total. The first kappa shape index (κ1) is 21.6. The van der Waals surface area contributed by atoms with Crippen LogP contribution in [0.1, 0.15) is 55.2 Å². The predicted octanol–water partition coefficient (Wildman–Crippen LogP) is 2.77. The van der Waals surface area contributed by atoms with E-state index in [2.05, 4.69) is 45.2 Å². The molecule has 1 amide bonds. The molecule has 158 valence electrons. The van der Waals surface area contributed by atoms with Gasteiger partial charge in [0.1, 0.15) is 0 Å². The average Bonchev–Trinajstić information content (AvgIpc) is 3.21. The molecule has 1 heterocycles. The van der Waals surface area contributed by atoms with E-state index in [9.17, 15) is 4.79 Å². The van der Waals surface area contributed by atoms with E-state index < -0.39 is 0 Å². The second-order valence-corrected chi connectivity index (χ2v) is 7.25. The number of carbonyl (C=O) groups is 1. The molecule has 0 saturated carbocycles. The Bertz CT molecular complexity index is 952. The van der Waals surface area contributed by atoms with E-state index in [1.54, 1.807) is 0 Å². The summed E-state index contributed by atoms with van der Waals surface area (Å²) in [6.45, 7) is 5.56. The highest BCUT2D eigenvalue weighted by Crippen LogP contribution is 2.23. The van der Waals surface area contributed by atoms with Crippen LogP contribution in [0.4, 0.5) is 5.69 Å². The van der Waals surface area contributed by atoms with Crippen LogP contribution in [0, 0.1) is 0 Å². The zero-order chi connectivity index (χ0) is 21.3. The summed E-state index contributed by atoms with van der Waals surface area (Å²) < 4.78 is 1.86. The Morgan fingerprint density at radius 1 is 1.17 bits per heavy atom. The first-order chi connectivity index (χ1) is 14.6. The Balaban J connectivity index is 1.86. The van der Waals surface area contributed by atoms with Crippen molar-refractivity contribution >= 4 is 11.6 Å². The standard InChI is InChI=1S/C22H29N7O/c1-3-4-12-29-22(26-27-28-29)21(19-8-10-20(11-9-19)25-16(2)30)24-15-18-7-5-6-17(13-18)14-23/h5-11,13,21,24H,3-4,12,14-15,23H2,1-2H3,(H,25,30). The van der Waals surface area contributed by atoms with Crippen LogP contribution in [-0.4, -0.2) is 26.1 Å². The fourth-order valence-corrected chi connectivity index (χ4v) is 3.29. The number of hydrogen-bond donors (Lipinski definition) is 3. The minimum atomic E-state index is -0.190. The number of amides is 1. The highest BCUT2D eigenvalue weighted by atomic mass is 16.1. The number of aromatic nitrogens is 4. The molecule has 2 aromatic carbocycles. The Morgan fingerprint density at radius 3 is 2.63 bits per heavy atom. The number of nitrogens with zero attached hydrogens (tertiary/aromatic N) is 4. The lowest BCUT2D eigenvalue weighted by molar-refractivity contribution is -0.114. The lowest BCUT2D eigenvalue weighted by atomic mass is 10.0. The molecule has 0 fully saturated rings. The molecule has 1 atom stereocenters. The first-order valence-electron chi connectivity index (χ1n) is 10.3. The largest absolute Gasteiger partial charge is 0.326 e. The SMILES string of the molecule is CCCCn1nnnc1C(NCc1cccc(CN)c1)c1ccc(NC(C)=O)cc1. The minimum absolute atomic E-state index is 0.0966. The van der Waals surface area contributed by atoms with Crippen molar-refractivity contribution in [1.29, 1.82) is 0 Å². The number of carbonyl (C=O) groups excluding carboxylic acids is 1.